The Hall–Kier alpha value is -3.40. The van der Waals surface area contributed by atoms with E-state index >= 15 is 0 Å². The van der Waals surface area contributed by atoms with Crippen LogP contribution in [0, 0.1) is 10.1 Å². The topological polar surface area (TPSA) is 138 Å². The number of thioether (sulfide) groups is 1. The standard InChI is InChI=1S/C17H14N4O5S/c22-15(18-8-10-1-3-11(4-2-10)16(23)24)9-27-17-19-13-6-5-12(21(25)26)7-14(13)20-17/h1-7H,8-9H2,(H,18,22)(H,19,20)(H,23,24). The molecule has 3 rings (SSSR count). The minimum atomic E-state index is -1.00. The van der Waals surface area contributed by atoms with Crippen LogP contribution in [-0.4, -0.2) is 37.6 Å². The Morgan fingerprint density at radius 2 is 1.96 bits per heavy atom. The molecule has 0 atom stereocenters. The molecule has 3 aromatic rings. The van der Waals surface area contributed by atoms with Gasteiger partial charge in [0.25, 0.3) is 5.69 Å². The normalized spacial score (nSPS) is 10.7. The van der Waals surface area contributed by atoms with Crippen molar-refractivity contribution in [2.24, 2.45) is 0 Å². The van der Waals surface area contributed by atoms with Gasteiger partial charge in [-0.3, -0.25) is 14.9 Å². The maximum absolute atomic E-state index is 12.0. The number of nitro groups is 1. The molecule has 2 aromatic carbocycles. The van der Waals surface area contributed by atoms with Crippen molar-refractivity contribution in [1.29, 1.82) is 0 Å². The van der Waals surface area contributed by atoms with Crippen LogP contribution in [0.25, 0.3) is 11.0 Å². The first-order chi connectivity index (χ1) is 12.9. The molecule has 1 amide bonds. The maximum Gasteiger partial charge on any atom is 0.335 e. The van der Waals surface area contributed by atoms with E-state index in [-0.39, 0.29) is 29.5 Å². The highest BCUT2D eigenvalue weighted by molar-refractivity contribution is 7.99. The van der Waals surface area contributed by atoms with Crippen LogP contribution in [0.15, 0.2) is 47.6 Å². The summed E-state index contributed by atoms with van der Waals surface area (Å²) < 4.78 is 0. The molecule has 0 bridgehead atoms. The van der Waals surface area contributed by atoms with Crippen molar-refractivity contribution in [3.63, 3.8) is 0 Å². The van der Waals surface area contributed by atoms with Crippen molar-refractivity contribution in [3.8, 4) is 0 Å². The predicted molar refractivity (Wildman–Crippen MR) is 98.7 cm³/mol. The third kappa shape index (κ3) is 4.61. The number of aromatic nitrogens is 2. The van der Waals surface area contributed by atoms with Crippen molar-refractivity contribution in [2.45, 2.75) is 11.7 Å². The summed E-state index contributed by atoms with van der Waals surface area (Å²) in [5.74, 6) is -1.10. The highest BCUT2D eigenvalue weighted by Gasteiger charge is 2.11. The first-order valence-electron chi connectivity index (χ1n) is 7.78. The molecule has 0 aliphatic rings. The minimum Gasteiger partial charge on any atom is -0.478 e. The van der Waals surface area contributed by atoms with Gasteiger partial charge in [-0.2, -0.15) is 0 Å². The molecule has 27 heavy (non-hydrogen) atoms. The highest BCUT2D eigenvalue weighted by Crippen LogP contribution is 2.23. The lowest BCUT2D eigenvalue weighted by Crippen LogP contribution is -2.24. The number of carboxylic acids is 1. The number of benzene rings is 2. The van der Waals surface area contributed by atoms with E-state index in [2.05, 4.69) is 15.3 Å². The van der Waals surface area contributed by atoms with Gasteiger partial charge >= 0.3 is 5.97 Å². The van der Waals surface area contributed by atoms with Crippen LogP contribution >= 0.6 is 11.8 Å². The zero-order chi connectivity index (χ0) is 19.4. The Balaban J connectivity index is 1.53. The van der Waals surface area contributed by atoms with Crippen LogP contribution < -0.4 is 5.32 Å². The number of nitro benzene ring substituents is 1. The van der Waals surface area contributed by atoms with Crippen molar-refractivity contribution >= 4 is 40.4 Å². The summed E-state index contributed by atoms with van der Waals surface area (Å²) in [7, 11) is 0. The summed E-state index contributed by atoms with van der Waals surface area (Å²) in [5, 5.41) is 22.9. The van der Waals surface area contributed by atoms with E-state index < -0.39 is 10.9 Å². The number of aromatic carboxylic acids is 1. The van der Waals surface area contributed by atoms with Gasteiger partial charge in [0.1, 0.15) is 0 Å². The van der Waals surface area contributed by atoms with Crippen molar-refractivity contribution in [3.05, 3.63) is 63.7 Å². The van der Waals surface area contributed by atoms with Crippen molar-refractivity contribution < 1.29 is 19.6 Å². The molecule has 10 heteroatoms. The Bertz CT molecular complexity index is 1020. The van der Waals surface area contributed by atoms with Crippen molar-refractivity contribution in [2.75, 3.05) is 5.75 Å². The molecule has 0 radical (unpaired) electrons. The molecule has 138 valence electrons. The number of imidazole rings is 1. The fourth-order valence-electron chi connectivity index (χ4n) is 2.31. The number of carbonyl (C=O) groups is 2. The van der Waals surface area contributed by atoms with Crippen LogP contribution in [0.1, 0.15) is 15.9 Å². The molecule has 0 spiro atoms. The molecule has 0 unspecified atom stereocenters. The number of carbonyl (C=O) groups excluding carboxylic acids is 1. The van der Waals surface area contributed by atoms with Gasteiger partial charge in [-0.15, -0.1) is 0 Å². The summed E-state index contributed by atoms with van der Waals surface area (Å²) in [5.41, 5.74) is 2.06. The number of hydrogen-bond acceptors (Lipinski definition) is 6. The first-order valence-corrected chi connectivity index (χ1v) is 8.77. The van der Waals surface area contributed by atoms with Crippen molar-refractivity contribution in [1.82, 2.24) is 15.3 Å². The zero-order valence-electron chi connectivity index (χ0n) is 13.8. The average Bonchev–Trinajstić information content (AvgIpc) is 3.07. The first kappa shape index (κ1) is 18.4. The fraction of sp³-hybridized carbons (Fsp3) is 0.118. The fourth-order valence-corrected chi connectivity index (χ4v) is 3.02. The molecule has 0 fully saturated rings. The summed E-state index contributed by atoms with van der Waals surface area (Å²) >= 11 is 1.18. The zero-order valence-corrected chi connectivity index (χ0v) is 14.7. The van der Waals surface area contributed by atoms with Gasteiger partial charge in [-0.1, -0.05) is 23.9 Å². The SMILES string of the molecule is O=C(CSc1nc2ccc([N+](=O)[O-])cc2[nH]1)NCc1ccc(C(=O)O)cc1. The number of fused-ring (bicyclic) bond motifs is 1. The maximum atomic E-state index is 12.0. The third-order valence-corrected chi connectivity index (χ3v) is 4.56. The van der Waals surface area contributed by atoms with E-state index in [0.29, 0.717) is 16.2 Å². The second-order valence-electron chi connectivity index (χ2n) is 5.57. The van der Waals surface area contributed by atoms with E-state index in [1.54, 1.807) is 18.2 Å². The number of non-ortho nitro benzene ring substituents is 1. The van der Waals surface area contributed by atoms with Gasteiger partial charge in [-0.25, -0.2) is 9.78 Å². The lowest BCUT2D eigenvalue weighted by molar-refractivity contribution is -0.384. The summed E-state index contributed by atoms with van der Waals surface area (Å²) in [6.07, 6.45) is 0. The smallest absolute Gasteiger partial charge is 0.335 e. The van der Waals surface area contributed by atoms with Gasteiger partial charge < -0.3 is 15.4 Å². The van der Waals surface area contributed by atoms with E-state index in [0.717, 1.165) is 5.56 Å². The number of amides is 1. The van der Waals surface area contributed by atoms with Crippen LogP contribution in [0.5, 0.6) is 0 Å². The monoisotopic (exact) mass is 386 g/mol. The van der Waals surface area contributed by atoms with Gasteiger partial charge in [0, 0.05) is 18.7 Å². The summed E-state index contributed by atoms with van der Waals surface area (Å²) in [4.78, 5) is 40.3. The van der Waals surface area contributed by atoms with Crippen LogP contribution in [0.2, 0.25) is 0 Å². The Morgan fingerprint density at radius 1 is 1.22 bits per heavy atom. The molecule has 1 heterocycles. The lowest BCUT2D eigenvalue weighted by atomic mass is 10.1. The number of carboxylic acid groups (broad SMARTS) is 1. The average molecular weight is 386 g/mol. The molecule has 3 N–H and O–H groups in total. The van der Waals surface area contributed by atoms with E-state index in [9.17, 15) is 19.7 Å². The number of hydrogen-bond donors (Lipinski definition) is 3. The third-order valence-electron chi connectivity index (χ3n) is 3.69. The number of aromatic amines is 1. The van der Waals surface area contributed by atoms with Gasteiger partial charge in [0.15, 0.2) is 5.16 Å². The molecular weight excluding hydrogens is 372 g/mol. The molecule has 0 aliphatic carbocycles. The highest BCUT2D eigenvalue weighted by atomic mass is 32.2. The molecule has 0 saturated carbocycles. The predicted octanol–water partition coefficient (Wildman–Crippen LogP) is 2.58. The Kier molecular flexibility index (Phi) is 5.36. The largest absolute Gasteiger partial charge is 0.478 e. The quantitative estimate of drug-likeness (QED) is 0.322. The number of nitrogens with zero attached hydrogens (tertiary/aromatic N) is 2. The molecule has 9 nitrogen and oxygen atoms in total. The van der Waals surface area contributed by atoms with E-state index in [1.807, 2.05) is 0 Å². The van der Waals surface area contributed by atoms with Gasteiger partial charge in [-0.05, 0) is 23.8 Å². The van der Waals surface area contributed by atoms with E-state index in [1.165, 1.54) is 36.0 Å². The van der Waals surface area contributed by atoms with Gasteiger partial charge in [0.05, 0.1) is 27.3 Å². The summed E-state index contributed by atoms with van der Waals surface area (Å²) in [6, 6.07) is 10.6. The number of nitrogens with one attached hydrogen (secondary N) is 2. The number of rotatable bonds is 7. The lowest BCUT2D eigenvalue weighted by Gasteiger charge is -2.05. The second-order valence-corrected chi connectivity index (χ2v) is 6.53. The minimum absolute atomic E-state index is 0.0330. The number of H-pyrrole nitrogens is 1. The van der Waals surface area contributed by atoms with Gasteiger partial charge in [0.2, 0.25) is 5.91 Å². The van der Waals surface area contributed by atoms with Crippen LogP contribution in [0.3, 0.4) is 0 Å². The molecule has 0 aliphatic heterocycles. The summed E-state index contributed by atoms with van der Waals surface area (Å²) in [6.45, 7) is 0.283. The van der Waals surface area contributed by atoms with E-state index in [4.69, 9.17) is 5.11 Å². The molecule has 1 aromatic heterocycles. The molecular formula is C17H14N4O5S. The Labute approximate surface area is 157 Å². The molecule has 0 saturated heterocycles. The van der Waals surface area contributed by atoms with Crippen LogP contribution in [0.4, 0.5) is 5.69 Å². The van der Waals surface area contributed by atoms with Crippen LogP contribution in [-0.2, 0) is 11.3 Å². The second kappa shape index (κ2) is 7.87. The Morgan fingerprint density at radius 3 is 2.63 bits per heavy atom.